The first kappa shape index (κ1) is 32.0. The van der Waals surface area contributed by atoms with Crippen molar-refractivity contribution in [1.29, 1.82) is 0 Å². The van der Waals surface area contributed by atoms with Gasteiger partial charge in [-0.1, -0.05) is 0 Å². The van der Waals surface area contributed by atoms with Crippen LogP contribution in [-0.2, 0) is 17.0 Å². The highest BCUT2D eigenvalue weighted by molar-refractivity contribution is 7.85. The van der Waals surface area contributed by atoms with Crippen molar-refractivity contribution in [2.45, 2.75) is 93.4 Å². The lowest BCUT2D eigenvalue weighted by Crippen LogP contribution is -2.57. The molecule has 0 amide bonds. The molecule has 3 aliphatic rings. The summed E-state index contributed by atoms with van der Waals surface area (Å²) in [5.41, 5.74) is -3.05. The molecule has 3 fully saturated rings. The second-order valence-corrected chi connectivity index (χ2v) is 14.3. The van der Waals surface area contributed by atoms with Crippen LogP contribution in [0.15, 0.2) is 29.3 Å². The van der Waals surface area contributed by atoms with Gasteiger partial charge in [0.1, 0.15) is 11.4 Å². The molecule has 2 N–H and O–H groups in total. The molecule has 14 heteroatoms. The summed E-state index contributed by atoms with van der Waals surface area (Å²) in [5, 5.41) is 13.1. The van der Waals surface area contributed by atoms with E-state index in [4.69, 9.17) is 0 Å². The van der Waals surface area contributed by atoms with Crippen LogP contribution in [0.1, 0.15) is 63.5 Å². The van der Waals surface area contributed by atoms with Gasteiger partial charge in [-0.05, 0) is 102 Å². The summed E-state index contributed by atoms with van der Waals surface area (Å²) in [5.74, 6) is -0.976. The van der Waals surface area contributed by atoms with E-state index in [9.17, 15) is 35.7 Å². The van der Waals surface area contributed by atoms with Gasteiger partial charge in [0.05, 0.1) is 17.3 Å². The van der Waals surface area contributed by atoms with Crippen LogP contribution in [0.3, 0.4) is 0 Å². The Morgan fingerprint density at radius 3 is 2.33 bits per heavy atom. The number of nitrogens with one attached hydrogen (secondary N) is 1. The molecule has 43 heavy (non-hydrogen) atoms. The number of halogens is 6. The zero-order chi connectivity index (χ0) is 31.4. The molecular weight excluding hydrogens is 596 g/mol. The quantitative estimate of drug-likeness (QED) is 0.367. The van der Waals surface area contributed by atoms with Crippen molar-refractivity contribution in [3.63, 3.8) is 0 Å². The van der Waals surface area contributed by atoms with Crippen molar-refractivity contribution in [1.82, 2.24) is 14.9 Å². The normalized spacial score (nSPS) is 24.3. The number of aliphatic hydroxyl groups is 1. The van der Waals surface area contributed by atoms with E-state index in [0.29, 0.717) is 28.4 Å². The van der Waals surface area contributed by atoms with E-state index in [1.165, 1.54) is 0 Å². The van der Waals surface area contributed by atoms with E-state index in [0.717, 1.165) is 43.7 Å². The molecule has 1 aromatic carbocycles. The summed E-state index contributed by atoms with van der Waals surface area (Å²) in [7, 11) is -1.21. The Labute approximate surface area is 249 Å². The number of anilines is 3. The Morgan fingerprint density at radius 1 is 1.07 bits per heavy atom. The van der Waals surface area contributed by atoms with Crippen LogP contribution < -0.4 is 10.2 Å². The van der Waals surface area contributed by atoms with Crippen molar-refractivity contribution in [2.75, 3.05) is 36.4 Å². The van der Waals surface area contributed by atoms with Crippen LogP contribution in [0.5, 0.6) is 0 Å². The Balaban J connectivity index is 1.30. The number of likely N-dealkylation sites (tertiary alicyclic amines) is 1. The van der Waals surface area contributed by atoms with E-state index in [1.807, 2.05) is 0 Å². The average molecular weight is 634 g/mol. The van der Waals surface area contributed by atoms with E-state index < -0.39 is 53.1 Å². The highest BCUT2D eigenvalue weighted by atomic mass is 32.2. The number of hydrogen-bond donors (Lipinski definition) is 2. The van der Waals surface area contributed by atoms with Crippen molar-refractivity contribution in [3.8, 4) is 0 Å². The summed E-state index contributed by atoms with van der Waals surface area (Å²) in [6.45, 7) is 7.06. The van der Waals surface area contributed by atoms with Gasteiger partial charge in [-0.25, -0.2) is 4.98 Å². The predicted molar refractivity (Wildman–Crippen MR) is 152 cm³/mol. The maximum atomic E-state index is 13.8. The first-order valence-electron chi connectivity index (χ1n) is 14.5. The minimum atomic E-state index is -5.01. The number of alkyl halides is 6. The zero-order valence-corrected chi connectivity index (χ0v) is 25.2. The molecule has 0 radical (unpaired) electrons. The first-order chi connectivity index (χ1) is 20.0. The van der Waals surface area contributed by atoms with Gasteiger partial charge >= 0.3 is 12.4 Å². The van der Waals surface area contributed by atoms with Crippen molar-refractivity contribution >= 4 is 28.3 Å². The largest absolute Gasteiger partial charge is 0.421 e. The maximum Gasteiger partial charge on any atom is 0.421 e. The third-order valence-corrected chi connectivity index (χ3v) is 10.9. The standard InChI is InChI=1S/C29H37F6N5O2S/c1-18(2)39-11-8-26(9-12-39)14-21(15-26)43(42)20-5-6-23(19(3)13-20)37-25-36-16-22(28(30,31)32)24(38-25)40-10-4-7-27(41,17-40)29(33,34)35/h5-6,13,16,18,21,41H,4,7-12,14-15,17H2,1-3H3,(H,36,37,38). The van der Waals surface area contributed by atoms with E-state index >= 15 is 0 Å². The van der Waals surface area contributed by atoms with Gasteiger partial charge in [-0.2, -0.15) is 31.3 Å². The minimum absolute atomic E-state index is 0.0736. The summed E-state index contributed by atoms with van der Waals surface area (Å²) in [4.78, 5) is 11.7. The molecule has 2 saturated heterocycles. The highest BCUT2D eigenvalue weighted by Gasteiger charge is 2.56. The Morgan fingerprint density at radius 2 is 1.74 bits per heavy atom. The smallest absolute Gasteiger partial charge is 0.379 e. The summed E-state index contributed by atoms with van der Waals surface area (Å²) in [6, 6.07) is 5.65. The van der Waals surface area contributed by atoms with Crippen LogP contribution in [-0.4, -0.2) is 73.4 Å². The highest BCUT2D eigenvalue weighted by Crippen LogP contribution is 2.52. The number of aromatic nitrogens is 2. The molecule has 1 spiro atoms. The van der Waals surface area contributed by atoms with Crippen LogP contribution in [0.2, 0.25) is 0 Å². The van der Waals surface area contributed by atoms with Crippen LogP contribution in [0, 0.1) is 12.3 Å². The molecule has 7 nitrogen and oxygen atoms in total. The molecule has 5 rings (SSSR count). The lowest BCUT2D eigenvalue weighted by Gasteiger charge is -2.52. The number of piperidine rings is 2. The fourth-order valence-electron chi connectivity index (χ4n) is 6.52. The Kier molecular flexibility index (Phi) is 8.53. The second kappa shape index (κ2) is 11.5. The molecule has 1 aromatic heterocycles. The lowest BCUT2D eigenvalue weighted by atomic mass is 9.63. The van der Waals surface area contributed by atoms with Gasteiger partial charge in [0.25, 0.3) is 0 Å². The summed E-state index contributed by atoms with van der Waals surface area (Å²) >= 11 is 0. The molecular formula is C29H37F6N5O2S. The van der Waals surface area contributed by atoms with Gasteiger partial charge in [0.15, 0.2) is 5.60 Å². The van der Waals surface area contributed by atoms with Crippen molar-refractivity contribution in [2.24, 2.45) is 5.41 Å². The first-order valence-corrected chi connectivity index (χ1v) is 15.7. The third kappa shape index (κ3) is 6.51. The molecule has 2 aromatic rings. The van der Waals surface area contributed by atoms with Gasteiger partial charge in [0, 0.05) is 34.6 Å². The second-order valence-electron chi connectivity index (χ2n) is 12.5. The average Bonchev–Trinajstić information content (AvgIpc) is 2.91. The molecule has 1 saturated carbocycles. The van der Waals surface area contributed by atoms with Crippen LogP contribution >= 0.6 is 0 Å². The Hall–Kier alpha value is -2.45. The molecule has 238 valence electrons. The number of hydrogen-bond acceptors (Lipinski definition) is 7. The maximum absolute atomic E-state index is 13.8. The summed E-state index contributed by atoms with van der Waals surface area (Å²) < 4.78 is 95.2. The zero-order valence-electron chi connectivity index (χ0n) is 24.4. The fourth-order valence-corrected chi connectivity index (χ4v) is 8.41. The molecule has 1 aliphatic carbocycles. The van der Waals surface area contributed by atoms with Crippen LogP contribution in [0.4, 0.5) is 43.8 Å². The summed E-state index contributed by atoms with van der Waals surface area (Å²) in [6.07, 6.45) is -6.11. The molecule has 2 aliphatic heterocycles. The van der Waals surface area contributed by atoms with Crippen molar-refractivity contribution in [3.05, 3.63) is 35.5 Å². The Bertz CT molecular complexity index is 1350. The van der Waals surface area contributed by atoms with Gasteiger partial charge in [-0.15, -0.1) is 0 Å². The van der Waals surface area contributed by atoms with Crippen molar-refractivity contribution < 1.29 is 35.7 Å². The lowest BCUT2D eigenvalue weighted by molar-refractivity contribution is -0.261. The van der Waals surface area contributed by atoms with E-state index in [1.54, 1.807) is 25.1 Å². The predicted octanol–water partition coefficient (Wildman–Crippen LogP) is 6.20. The number of rotatable bonds is 6. The number of β-amino-alcohol motifs (C(OH)–C–C–N with tert-alkyl or cyclic N) is 1. The molecule has 3 heterocycles. The number of benzene rings is 1. The fraction of sp³-hybridized carbons (Fsp3) is 0.655. The van der Waals surface area contributed by atoms with E-state index in [2.05, 4.69) is 34.0 Å². The topological polar surface area (TPSA) is 81.6 Å². The van der Waals surface area contributed by atoms with Crippen LogP contribution in [0.25, 0.3) is 0 Å². The molecule has 2 unspecified atom stereocenters. The van der Waals surface area contributed by atoms with E-state index in [-0.39, 0.29) is 29.6 Å². The minimum Gasteiger partial charge on any atom is -0.379 e. The number of aryl methyl sites for hydroxylation is 1. The van der Waals surface area contributed by atoms with Gasteiger partial charge in [0.2, 0.25) is 5.95 Å². The number of nitrogens with zero attached hydrogens (tertiary/aromatic N) is 4. The van der Waals surface area contributed by atoms with Gasteiger partial charge in [-0.3, -0.25) is 4.21 Å². The molecule has 2 atom stereocenters. The third-order valence-electron chi connectivity index (χ3n) is 9.26. The monoisotopic (exact) mass is 633 g/mol. The SMILES string of the molecule is Cc1cc(S(=O)C2CC3(CCN(C(C)C)CC3)C2)ccc1Nc1ncc(C(F)(F)F)c(N2CCCC(O)(C(F)(F)F)C2)n1. The van der Waals surface area contributed by atoms with Gasteiger partial charge < -0.3 is 20.2 Å². The molecule has 0 bridgehead atoms.